The van der Waals surface area contributed by atoms with Gasteiger partial charge in [0.25, 0.3) is 0 Å². The fourth-order valence-corrected chi connectivity index (χ4v) is 4.84. The number of nitrogens with zero attached hydrogens (tertiary/aromatic N) is 1. The topological polar surface area (TPSA) is 68.0 Å². The van der Waals surface area contributed by atoms with Gasteiger partial charge in [0, 0.05) is 30.1 Å². The molecule has 0 spiro atoms. The highest BCUT2D eigenvalue weighted by Gasteiger charge is 2.40. The molecular formula is C21H29Cl2N3O. The molecule has 2 atom stereocenters. The summed E-state index contributed by atoms with van der Waals surface area (Å²) in [5.74, 6) is 1.47. The number of para-hydroxylation sites is 1. The molecule has 2 aliphatic carbocycles. The molecule has 1 aromatic carbocycles. The van der Waals surface area contributed by atoms with E-state index in [0.29, 0.717) is 24.4 Å². The van der Waals surface area contributed by atoms with Crippen molar-refractivity contribution in [1.82, 2.24) is 10.3 Å². The number of carbonyl (C=O) groups excluding carboxylic acids is 1. The van der Waals surface area contributed by atoms with Crippen LogP contribution in [-0.4, -0.2) is 23.5 Å². The molecule has 2 saturated carbocycles. The molecule has 4 rings (SSSR count). The first-order valence-electron chi connectivity index (χ1n) is 9.58. The Kier molecular flexibility index (Phi) is 7.90. The smallest absolute Gasteiger partial charge is 0.223 e. The number of fused-ring (bicyclic) bond motifs is 3. The number of carbonyl (C=O) groups is 1. The van der Waals surface area contributed by atoms with Crippen LogP contribution in [0.5, 0.6) is 0 Å². The van der Waals surface area contributed by atoms with Crippen molar-refractivity contribution in [3.05, 3.63) is 42.1 Å². The minimum Gasteiger partial charge on any atom is -0.356 e. The molecular weight excluding hydrogens is 381 g/mol. The van der Waals surface area contributed by atoms with Crippen molar-refractivity contribution >= 4 is 41.6 Å². The highest BCUT2D eigenvalue weighted by Crippen LogP contribution is 2.41. The van der Waals surface area contributed by atoms with Gasteiger partial charge in [0.1, 0.15) is 0 Å². The van der Waals surface area contributed by atoms with E-state index in [0.717, 1.165) is 30.2 Å². The quantitative estimate of drug-likeness (QED) is 0.804. The molecule has 0 radical (unpaired) electrons. The van der Waals surface area contributed by atoms with Crippen LogP contribution in [0.2, 0.25) is 0 Å². The summed E-state index contributed by atoms with van der Waals surface area (Å²) in [6.45, 7) is 0.673. The van der Waals surface area contributed by atoms with Crippen LogP contribution in [0.1, 0.15) is 37.7 Å². The van der Waals surface area contributed by atoms with Gasteiger partial charge in [-0.15, -0.1) is 24.8 Å². The molecule has 6 heteroatoms. The zero-order chi connectivity index (χ0) is 17.2. The van der Waals surface area contributed by atoms with Crippen molar-refractivity contribution in [1.29, 1.82) is 0 Å². The molecule has 148 valence electrons. The van der Waals surface area contributed by atoms with Gasteiger partial charge in [0.2, 0.25) is 5.91 Å². The summed E-state index contributed by atoms with van der Waals surface area (Å²) in [4.78, 5) is 17.1. The minimum atomic E-state index is 0. The highest BCUT2D eigenvalue weighted by atomic mass is 35.5. The first-order chi connectivity index (χ1) is 12.2. The lowest BCUT2D eigenvalue weighted by molar-refractivity contribution is -0.127. The Bertz CT molecular complexity index is 751. The predicted octanol–water partition coefficient (Wildman–Crippen LogP) is 3.89. The lowest BCUT2D eigenvalue weighted by Gasteiger charge is -2.43. The van der Waals surface area contributed by atoms with Gasteiger partial charge in [-0.25, -0.2) is 0 Å². The van der Waals surface area contributed by atoms with E-state index < -0.39 is 0 Å². The summed E-state index contributed by atoms with van der Waals surface area (Å²) in [5.41, 5.74) is 8.57. The number of aromatic nitrogens is 1. The van der Waals surface area contributed by atoms with Crippen LogP contribution in [-0.2, 0) is 11.2 Å². The largest absolute Gasteiger partial charge is 0.356 e. The van der Waals surface area contributed by atoms with Crippen molar-refractivity contribution in [3.63, 3.8) is 0 Å². The summed E-state index contributed by atoms with van der Waals surface area (Å²) in [6, 6.07) is 10.6. The van der Waals surface area contributed by atoms with Crippen molar-refractivity contribution in [3.8, 4) is 0 Å². The number of hydrogen-bond donors (Lipinski definition) is 2. The maximum atomic E-state index is 12.6. The third kappa shape index (κ3) is 4.74. The summed E-state index contributed by atoms with van der Waals surface area (Å²) in [6.07, 6.45) is 8.27. The van der Waals surface area contributed by atoms with Gasteiger partial charge in [0.05, 0.1) is 5.52 Å². The van der Waals surface area contributed by atoms with Gasteiger partial charge in [-0.3, -0.25) is 9.78 Å². The van der Waals surface area contributed by atoms with E-state index in [-0.39, 0.29) is 36.6 Å². The van der Waals surface area contributed by atoms with E-state index in [1.165, 1.54) is 24.8 Å². The minimum absolute atomic E-state index is 0. The second-order valence-electron chi connectivity index (χ2n) is 7.73. The van der Waals surface area contributed by atoms with Crippen molar-refractivity contribution in [2.45, 2.75) is 44.6 Å². The fourth-order valence-electron chi connectivity index (χ4n) is 4.84. The van der Waals surface area contributed by atoms with Crippen molar-refractivity contribution in [2.75, 3.05) is 6.54 Å². The van der Waals surface area contributed by atoms with Gasteiger partial charge < -0.3 is 11.1 Å². The molecule has 2 aromatic rings. The second kappa shape index (κ2) is 9.72. The summed E-state index contributed by atoms with van der Waals surface area (Å²) < 4.78 is 0. The lowest BCUT2D eigenvalue weighted by Crippen LogP contribution is -2.49. The third-order valence-corrected chi connectivity index (χ3v) is 6.19. The summed E-state index contributed by atoms with van der Waals surface area (Å²) >= 11 is 0. The first-order valence-corrected chi connectivity index (χ1v) is 9.58. The van der Waals surface area contributed by atoms with E-state index in [1.807, 2.05) is 12.3 Å². The number of benzene rings is 1. The molecule has 1 heterocycles. The standard InChI is InChI=1S/C21H27N3O.2ClH/c22-19-16-6-2-7-17(19)13-18(12-16)21(25)24-11-9-15-5-1-4-14-8-3-10-23-20(14)15;;/h1,3-5,8,10,16-19H,2,6-7,9,11-13,22H2,(H,24,25);2*1H. The van der Waals surface area contributed by atoms with Gasteiger partial charge in [0.15, 0.2) is 0 Å². The van der Waals surface area contributed by atoms with Crippen LogP contribution in [0.15, 0.2) is 36.5 Å². The number of rotatable bonds is 4. The van der Waals surface area contributed by atoms with E-state index in [9.17, 15) is 4.79 Å². The highest BCUT2D eigenvalue weighted by molar-refractivity contribution is 5.85. The summed E-state index contributed by atoms with van der Waals surface area (Å²) in [5, 5.41) is 4.32. The number of nitrogens with two attached hydrogens (primary N) is 1. The summed E-state index contributed by atoms with van der Waals surface area (Å²) in [7, 11) is 0. The van der Waals surface area contributed by atoms with Gasteiger partial charge in [-0.2, -0.15) is 0 Å². The van der Waals surface area contributed by atoms with Crippen molar-refractivity contribution < 1.29 is 4.79 Å². The maximum Gasteiger partial charge on any atom is 0.223 e. The number of amides is 1. The SMILES string of the molecule is Cl.Cl.NC1C2CCCC1CC(C(=O)NCCc1cccc3cccnc13)C2. The molecule has 27 heavy (non-hydrogen) atoms. The van der Waals surface area contributed by atoms with E-state index in [2.05, 4.69) is 34.6 Å². The molecule has 3 N–H and O–H groups in total. The Morgan fingerprint density at radius 3 is 2.56 bits per heavy atom. The van der Waals surface area contributed by atoms with Gasteiger partial charge in [-0.1, -0.05) is 30.7 Å². The lowest BCUT2D eigenvalue weighted by atomic mass is 9.65. The predicted molar refractivity (Wildman–Crippen MR) is 114 cm³/mol. The fraction of sp³-hybridized carbons (Fsp3) is 0.524. The molecule has 0 saturated heterocycles. The van der Waals surface area contributed by atoms with Crippen LogP contribution in [0.4, 0.5) is 0 Å². The third-order valence-electron chi connectivity index (χ3n) is 6.19. The van der Waals surface area contributed by atoms with Gasteiger partial charge >= 0.3 is 0 Å². The van der Waals surface area contributed by atoms with Crippen LogP contribution >= 0.6 is 24.8 Å². The number of pyridine rings is 1. The molecule has 2 fully saturated rings. The molecule has 1 amide bonds. The zero-order valence-electron chi connectivity index (χ0n) is 15.5. The Labute approximate surface area is 173 Å². The Balaban J connectivity index is 0.00000131. The maximum absolute atomic E-state index is 12.6. The molecule has 0 aliphatic heterocycles. The Hall–Kier alpha value is -1.36. The zero-order valence-corrected chi connectivity index (χ0v) is 17.1. The average molecular weight is 410 g/mol. The number of halogens is 2. The van der Waals surface area contributed by atoms with E-state index in [4.69, 9.17) is 5.73 Å². The van der Waals surface area contributed by atoms with E-state index >= 15 is 0 Å². The first kappa shape index (κ1) is 21.9. The number of nitrogens with one attached hydrogen (secondary N) is 1. The normalized spacial score (nSPS) is 26.6. The monoisotopic (exact) mass is 409 g/mol. The second-order valence-corrected chi connectivity index (χ2v) is 7.73. The van der Waals surface area contributed by atoms with Crippen LogP contribution in [0.25, 0.3) is 10.9 Å². The molecule has 1 aromatic heterocycles. The van der Waals surface area contributed by atoms with Crippen LogP contribution < -0.4 is 11.1 Å². The van der Waals surface area contributed by atoms with Crippen LogP contribution in [0, 0.1) is 17.8 Å². The van der Waals surface area contributed by atoms with Crippen molar-refractivity contribution in [2.24, 2.45) is 23.5 Å². The van der Waals surface area contributed by atoms with E-state index in [1.54, 1.807) is 0 Å². The Morgan fingerprint density at radius 2 is 1.81 bits per heavy atom. The molecule has 2 aliphatic rings. The Morgan fingerprint density at radius 1 is 1.11 bits per heavy atom. The number of hydrogen-bond acceptors (Lipinski definition) is 3. The van der Waals surface area contributed by atoms with Crippen LogP contribution in [0.3, 0.4) is 0 Å². The van der Waals surface area contributed by atoms with Gasteiger partial charge in [-0.05, 0) is 55.6 Å². The molecule has 2 unspecified atom stereocenters. The molecule has 4 nitrogen and oxygen atoms in total. The molecule has 2 bridgehead atoms. The average Bonchev–Trinajstić information content (AvgIpc) is 2.61.